The SMILES string of the molecule is O=C(O)CN(CC1CC1)C1CC(NC(=O)CCc2ccc3ccccc3c2)C1. The molecule has 0 atom stereocenters. The summed E-state index contributed by atoms with van der Waals surface area (Å²) in [5.74, 6) is 0.00190. The molecule has 0 bridgehead atoms. The van der Waals surface area contributed by atoms with Crippen molar-refractivity contribution in [2.45, 2.75) is 50.6 Å². The second-order valence-corrected chi connectivity index (χ2v) is 8.34. The molecular weight excluding hydrogens is 352 g/mol. The topological polar surface area (TPSA) is 69.6 Å². The smallest absolute Gasteiger partial charge is 0.317 e. The van der Waals surface area contributed by atoms with E-state index in [2.05, 4.69) is 40.5 Å². The Labute approximate surface area is 165 Å². The highest BCUT2D eigenvalue weighted by Crippen LogP contribution is 2.33. The number of carboxylic acid groups (broad SMARTS) is 1. The van der Waals surface area contributed by atoms with Crippen molar-refractivity contribution in [3.05, 3.63) is 48.0 Å². The lowest BCUT2D eigenvalue weighted by Gasteiger charge is -2.42. The first-order valence-electron chi connectivity index (χ1n) is 10.3. The van der Waals surface area contributed by atoms with Gasteiger partial charge in [0.2, 0.25) is 5.91 Å². The van der Waals surface area contributed by atoms with Crippen LogP contribution < -0.4 is 5.32 Å². The van der Waals surface area contributed by atoms with Crippen molar-refractivity contribution in [3.63, 3.8) is 0 Å². The highest BCUT2D eigenvalue weighted by Gasteiger charge is 2.37. The molecule has 0 aromatic heterocycles. The van der Waals surface area contributed by atoms with Gasteiger partial charge in [-0.2, -0.15) is 0 Å². The molecule has 2 aliphatic rings. The Kier molecular flexibility index (Phi) is 5.62. The monoisotopic (exact) mass is 380 g/mol. The minimum atomic E-state index is -0.761. The minimum Gasteiger partial charge on any atom is -0.480 e. The van der Waals surface area contributed by atoms with Crippen LogP contribution in [0.25, 0.3) is 10.8 Å². The number of aliphatic carboxylic acids is 1. The fourth-order valence-electron chi connectivity index (χ4n) is 4.10. The molecule has 2 saturated carbocycles. The van der Waals surface area contributed by atoms with E-state index in [1.807, 2.05) is 12.1 Å². The van der Waals surface area contributed by atoms with Crippen molar-refractivity contribution < 1.29 is 14.7 Å². The van der Waals surface area contributed by atoms with Crippen LogP contribution in [0.2, 0.25) is 0 Å². The van der Waals surface area contributed by atoms with E-state index in [1.165, 1.54) is 29.2 Å². The number of carbonyl (C=O) groups excluding carboxylic acids is 1. The lowest BCUT2D eigenvalue weighted by atomic mass is 9.85. The predicted octanol–water partition coefficient (Wildman–Crippen LogP) is 3.22. The molecule has 2 aromatic rings. The van der Waals surface area contributed by atoms with Crippen LogP contribution in [0.5, 0.6) is 0 Å². The third-order valence-electron chi connectivity index (χ3n) is 5.98. The molecule has 0 spiro atoms. The number of carboxylic acids is 1. The number of amides is 1. The third kappa shape index (κ3) is 4.90. The van der Waals surface area contributed by atoms with Gasteiger partial charge in [-0.1, -0.05) is 42.5 Å². The number of hydrogen-bond acceptors (Lipinski definition) is 3. The van der Waals surface area contributed by atoms with Gasteiger partial charge in [-0.25, -0.2) is 0 Å². The first-order valence-corrected chi connectivity index (χ1v) is 10.3. The molecule has 0 radical (unpaired) electrons. The predicted molar refractivity (Wildman–Crippen MR) is 109 cm³/mol. The number of nitrogens with zero attached hydrogens (tertiary/aromatic N) is 1. The van der Waals surface area contributed by atoms with Crippen molar-refractivity contribution >= 4 is 22.6 Å². The summed E-state index contributed by atoms with van der Waals surface area (Å²) in [7, 11) is 0. The Morgan fingerprint density at radius 2 is 1.82 bits per heavy atom. The maximum Gasteiger partial charge on any atom is 0.317 e. The lowest BCUT2D eigenvalue weighted by molar-refractivity contribution is -0.140. The van der Waals surface area contributed by atoms with Gasteiger partial charge in [0.15, 0.2) is 0 Å². The second kappa shape index (κ2) is 8.31. The van der Waals surface area contributed by atoms with E-state index < -0.39 is 5.97 Å². The van der Waals surface area contributed by atoms with Gasteiger partial charge in [-0.05, 0) is 54.4 Å². The molecule has 2 fully saturated rings. The molecule has 0 saturated heterocycles. The van der Waals surface area contributed by atoms with Crippen LogP contribution in [0, 0.1) is 5.92 Å². The normalized spacial score (nSPS) is 21.5. The van der Waals surface area contributed by atoms with Crippen LogP contribution in [0.1, 0.15) is 37.7 Å². The van der Waals surface area contributed by atoms with Gasteiger partial charge in [-0.15, -0.1) is 0 Å². The fourth-order valence-corrected chi connectivity index (χ4v) is 4.10. The Balaban J connectivity index is 1.21. The lowest BCUT2D eigenvalue weighted by Crippen LogP contribution is -2.55. The van der Waals surface area contributed by atoms with Crippen LogP contribution in [0.3, 0.4) is 0 Å². The fraction of sp³-hybridized carbons (Fsp3) is 0.478. The molecule has 0 aliphatic heterocycles. The number of fused-ring (bicyclic) bond motifs is 1. The molecule has 0 unspecified atom stereocenters. The molecule has 5 nitrogen and oxygen atoms in total. The highest BCUT2D eigenvalue weighted by atomic mass is 16.4. The van der Waals surface area contributed by atoms with Crippen molar-refractivity contribution in [1.29, 1.82) is 0 Å². The zero-order valence-electron chi connectivity index (χ0n) is 16.1. The Morgan fingerprint density at radius 1 is 1.07 bits per heavy atom. The van der Waals surface area contributed by atoms with E-state index in [0.717, 1.165) is 25.8 Å². The summed E-state index contributed by atoms with van der Waals surface area (Å²) >= 11 is 0. The Morgan fingerprint density at radius 3 is 2.54 bits per heavy atom. The van der Waals surface area contributed by atoms with Crippen molar-refractivity contribution in [1.82, 2.24) is 10.2 Å². The van der Waals surface area contributed by atoms with Gasteiger partial charge >= 0.3 is 5.97 Å². The summed E-state index contributed by atoms with van der Waals surface area (Å²) in [6, 6.07) is 15.1. The number of rotatable bonds is 9. The molecule has 5 heteroatoms. The molecule has 2 aromatic carbocycles. The first-order chi connectivity index (χ1) is 13.6. The molecule has 0 heterocycles. The second-order valence-electron chi connectivity index (χ2n) is 8.34. The summed E-state index contributed by atoms with van der Waals surface area (Å²) in [5, 5.41) is 14.7. The number of carbonyl (C=O) groups is 2. The number of benzene rings is 2. The van der Waals surface area contributed by atoms with Crippen LogP contribution in [-0.4, -0.2) is 47.1 Å². The molecule has 1 amide bonds. The minimum absolute atomic E-state index is 0.0867. The van der Waals surface area contributed by atoms with E-state index >= 15 is 0 Å². The third-order valence-corrected chi connectivity index (χ3v) is 5.98. The first kappa shape index (κ1) is 18.9. The molecule has 2 N–H and O–H groups in total. The zero-order chi connectivity index (χ0) is 19.5. The van der Waals surface area contributed by atoms with Crippen LogP contribution in [0.15, 0.2) is 42.5 Å². The van der Waals surface area contributed by atoms with Crippen molar-refractivity contribution in [2.24, 2.45) is 5.92 Å². The van der Waals surface area contributed by atoms with E-state index in [9.17, 15) is 9.59 Å². The number of aryl methyl sites for hydroxylation is 1. The van der Waals surface area contributed by atoms with E-state index in [4.69, 9.17) is 5.11 Å². The maximum atomic E-state index is 12.3. The van der Waals surface area contributed by atoms with Crippen LogP contribution in [0.4, 0.5) is 0 Å². The van der Waals surface area contributed by atoms with Gasteiger partial charge in [0, 0.05) is 25.0 Å². The van der Waals surface area contributed by atoms with Gasteiger partial charge in [0.25, 0.3) is 0 Å². The quantitative estimate of drug-likeness (QED) is 0.701. The van der Waals surface area contributed by atoms with Crippen LogP contribution in [-0.2, 0) is 16.0 Å². The van der Waals surface area contributed by atoms with Gasteiger partial charge in [0.05, 0.1) is 6.54 Å². The Bertz CT molecular complexity index is 856. The highest BCUT2D eigenvalue weighted by molar-refractivity contribution is 5.83. The van der Waals surface area contributed by atoms with E-state index in [-0.39, 0.29) is 18.5 Å². The van der Waals surface area contributed by atoms with E-state index in [1.54, 1.807) is 0 Å². The summed E-state index contributed by atoms with van der Waals surface area (Å²) in [6.45, 7) is 1.00. The van der Waals surface area contributed by atoms with Gasteiger partial charge in [0.1, 0.15) is 0 Å². The Hall–Kier alpha value is -2.40. The molecule has 148 valence electrons. The molecule has 4 rings (SSSR count). The average Bonchev–Trinajstić information content (AvgIpc) is 3.45. The summed E-state index contributed by atoms with van der Waals surface area (Å²) in [5.41, 5.74) is 1.18. The molecule has 28 heavy (non-hydrogen) atoms. The standard InChI is InChI=1S/C23H28N2O3/c26-22(10-8-16-7-9-18-3-1-2-4-19(18)11-16)24-20-12-21(13-20)25(15-23(27)28)14-17-5-6-17/h1-4,7,9,11,17,20-21H,5-6,8,10,12-15H2,(H,24,26)(H,27,28). The number of hydrogen-bond donors (Lipinski definition) is 2. The average molecular weight is 380 g/mol. The summed E-state index contributed by atoms with van der Waals surface area (Å²) in [4.78, 5) is 25.5. The van der Waals surface area contributed by atoms with Crippen LogP contribution >= 0.6 is 0 Å². The van der Waals surface area contributed by atoms with Crippen molar-refractivity contribution in [3.8, 4) is 0 Å². The largest absolute Gasteiger partial charge is 0.480 e. The summed E-state index contributed by atoms with van der Waals surface area (Å²) < 4.78 is 0. The zero-order valence-corrected chi connectivity index (χ0v) is 16.1. The van der Waals surface area contributed by atoms with Crippen molar-refractivity contribution in [2.75, 3.05) is 13.1 Å². The summed E-state index contributed by atoms with van der Waals surface area (Å²) in [6.07, 6.45) is 5.39. The molecular formula is C23H28N2O3. The van der Waals surface area contributed by atoms with Gasteiger partial charge in [-0.3, -0.25) is 14.5 Å². The molecule has 2 aliphatic carbocycles. The van der Waals surface area contributed by atoms with Gasteiger partial charge < -0.3 is 10.4 Å². The maximum absolute atomic E-state index is 12.3. The number of nitrogens with one attached hydrogen (secondary N) is 1. The van der Waals surface area contributed by atoms with E-state index in [0.29, 0.717) is 18.4 Å².